The predicted molar refractivity (Wildman–Crippen MR) is 84.7 cm³/mol. The maximum atomic E-state index is 6.07. The molecule has 1 aromatic rings. The Balaban J connectivity index is 2.67. The van der Waals surface area contributed by atoms with Gasteiger partial charge >= 0.3 is 0 Å². The van der Waals surface area contributed by atoms with Crippen LogP contribution < -0.4 is 16.2 Å². The lowest BCUT2D eigenvalue weighted by molar-refractivity contribution is 0.0622. The maximum Gasteiger partial charge on any atom is 0.186 e. The van der Waals surface area contributed by atoms with Crippen LogP contribution in [-0.2, 0) is 6.54 Å². The molecule has 4 N–H and O–H groups in total. The molecule has 0 atom stereocenters. The first-order chi connectivity index (χ1) is 9.07. The van der Waals surface area contributed by atoms with Gasteiger partial charge in [-0.3, -0.25) is 0 Å². The fraction of sp³-hybridized carbons (Fsp3) is 0.562. The van der Waals surface area contributed by atoms with Crippen molar-refractivity contribution in [1.82, 2.24) is 0 Å². The predicted octanol–water partition coefficient (Wildman–Crippen LogP) is 3.05. The maximum absolute atomic E-state index is 6.07. The summed E-state index contributed by atoms with van der Waals surface area (Å²) in [6, 6.07) is 7.88. The van der Waals surface area contributed by atoms with Crippen LogP contribution in [0.5, 0.6) is 5.75 Å². The van der Waals surface area contributed by atoms with Crippen molar-refractivity contribution < 1.29 is 4.74 Å². The third-order valence-electron chi connectivity index (χ3n) is 2.72. The summed E-state index contributed by atoms with van der Waals surface area (Å²) >= 11 is 0. The molecule has 0 fully saturated rings. The van der Waals surface area contributed by atoms with E-state index < -0.39 is 0 Å². The normalized spacial score (nSPS) is 12.1. The van der Waals surface area contributed by atoms with Crippen LogP contribution in [0.4, 0.5) is 0 Å². The Bertz CT molecular complexity index is 452. The highest BCUT2D eigenvalue weighted by Crippen LogP contribution is 2.30. The van der Waals surface area contributed by atoms with Crippen LogP contribution in [0.3, 0.4) is 0 Å². The Hall–Kier alpha value is -1.71. The average molecular weight is 277 g/mol. The summed E-state index contributed by atoms with van der Waals surface area (Å²) in [5, 5.41) is 0. The molecule has 0 radical (unpaired) electrons. The van der Waals surface area contributed by atoms with E-state index >= 15 is 0 Å². The average Bonchev–Trinajstić information content (AvgIpc) is 2.24. The quantitative estimate of drug-likeness (QED) is 0.641. The van der Waals surface area contributed by atoms with E-state index in [2.05, 4.69) is 39.6 Å². The van der Waals surface area contributed by atoms with E-state index in [0.717, 1.165) is 17.7 Å². The lowest BCUT2D eigenvalue weighted by Gasteiger charge is -2.33. The minimum atomic E-state index is -0.195. The van der Waals surface area contributed by atoms with Crippen LogP contribution in [0.1, 0.15) is 46.6 Å². The van der Waals surface area contributed by atoms with E-state index in [9.17, 15) is 0 Å². The summed E-state index contributed by atoms with van der Waals surface area (Å²) in [6.07, 6.45) is 0.982. The topological polar surface area (TPSA) is 73.6 Å². The van der Waals surface area contributed by atoms with Gasteiger partial charge in [-0.05, 0) is 43.4 Å². The smallest absolute Gasteiger partial charge is 0.186 e. The molecule has 20 heavy (non-hydrogen) atoms. The highest BCUT2D eigenvalue weighted by atomic mass is 16.5. The van der Waals surface area contributed by atoms with Crippen LogP contribution in [0.25, 0.3) is 0 Å². The molecule has 0 saturated heterocycles. The number of ether oxygens (including phenoxy) is 1. The first-order valence-corrected chi connectivity index (χ1v) is 6.91. The van der Waals surface area contributed by atoms with Gasteiger partial charge in [-0.25, -0.2) is 4.99 Å². The minimum absolute atomic E-state index is 0.108. The van der Waals surface area contributed by atoms with Gasteiger partial charge in [-0.15, -0.1) is 0 Å². The zero-order valence-corrected chi connectivity index (χ0v) is 13.2. The number of nitrogens with two attached hydrogens (primary N) is 2. The molecule has 112 valence electrons. The Labute approximate surface area is 122 Å². The molecule has 0 spiro atoms. The lowest BCUT2D eigenvalue weighted by atomic mass is 9.83. The number of hydrogen-bond donors (Lipinski definition) is 2. The van der Waals surface area contributed by atoms with Crippen LogP contribution >= 0.6 is 0 Å². The van der Waals surface area contributed by atoms with Crippen molar-refractivity contribution in [3.8, 4) is 5.75 Å². The number of nitrogens with zero attached hydrogens (tertiary/aromatic N) is 1. The SMILES string of the molecule is CC(C)(C)CC(C)(C)Oc1ccc(CN=C(N)N)cc1. The molecule has 0 saturated carbocycles. The second-order valence-electron chi connectivity index (χ2n) is 6.98. The molecule has 0 aromatic heterocycles. The molecule has 0 bridgehead atoms. The number of guanidine groups is 1. The van der Waals surface area contributed by atoms with Gasteiger partial charge < -0.3 is 16.2 Å². The highest BCUT2D eigenvalue weighted by Gasteiger charge is 2.27. The fourth-order valence-electron chi connectivity index (χ4n) is 2.48. The molecule has 0 heterocycles. The van der Waals surface area contributed by atoms with E-state index in [1.165, 1.54) is 0 Å². The van der Waals surface area contributed by atoms with Crippen LogP contribution in [0, 0.1) is 5.41 Å². The first kappa shape index (κ1) is 16.3. The van der Waals surface area contributed by atoms with Crippen molar-refractivity contribution in [3.63, 3.8) is 0 Å². The first-order valence-electron chi connectivity index (χ1n) is 6.91. The van der Waals surface area contributed by atoms with E-state index in [4.69, 9.17) is 16.2 Å². The number of rotatable bonds is 5. The summed E-state index contributed by atoms with van der Waals surface area (Å²) in [4.78, 5) is 3.98. The summed E-state index contributed by atoms with van der Waals surface area (Å²) in [5.41, 5.74) is 11.7. The number of benzene rings is 1. The zero-order valence-electron chi connectivity index (χ0n) is 13.2. The van der Waals surface area contributed by atoms with Gasteiger partial charge in [0.15, 0.2) is 5.96 Å². The Morgan fingerprint density at radius 3 is 2.05 bits per heavy atom. The van der Waals surface area contributed by atoms with Gasteiger partial charge in [0.05, 0.1) is 6.54 Å². The number of aliphatic imine (C=N–C) groups is 1. The largest absolute Gasteiger partial charge is 0.488 e. The van der Waals surface area contributed by atoms with Crippen molar-refractivity contribution in [1.29, 1.82) is 0 Å². The van der Waals surface area contributed by atoms with Crippen molar-refractivity contribution in [3.05, 3.63) is 29.8 Å². The van der Waals surface area contributed by atoms with Crippen molar-refractivity contribution >= 4 is 5.96 Å². The Kier molecular flexibility index (Phi) is 5.03. The van der Waals surface area contributed by atoms with Crippen LogP contribution in [0.15, 0.2) is 29.3 Å². The Morgan fingerprint density at radius 1 is 1.05 bits per heavy atom. The molecule has 0 unspecified atom stereocenters. The van der Waals surface area contributed by atoms with Gasteiger partial charge in [0.25, 0.3) is 0 Å². The minimum Gasteiger partial charge on any atom is -0.488 e. The van der Waals surface area contributed by atoms with Crippen molar-refractivity contribution in [2.45, 2.75) is 53.2 Å². The highest BCUT2D eigenvalue weighted by molar-refractivity contribution is 5.75. The molecule has 1 aromatic carbocycles. The molecule has 0 amide bonds. The second kappa shape index (κ2) is 6.16. The summed E-state index contributed by atoms with van der Waals surface area (Å²) < 4.78 is 6.07. The molecular formula is C16H27N3O. The summed E-state index contributed by atoms with van der Waals surface area (Å²) in [5.74, 6) is 0.976. The van der Waals surface area contributed by atoms with E-state index in [-0.39, 0.29) is 17.0 Å². The van der Waals surface area contributed by atoms with Gasteiger partial charge in [0, 0.05) is 0 Å². The summed E-state index contributed by atoms with van der Waals surface area (Å²) in [6.45, 7) is 11.4. The van der Waals surface area contributed by atoms with Crippen LogP contribution in [0.2, 0.25) is 0 Å². The Morgan fingerprint density at radius 2 is 1.60 bits per heavy atom. The van der Waals surface area contributed by atoms with E-state index in [1.807, 2.05) is 24.3 Å². The third-order valence-corrected chi connectivity index (χ3v) is 2.72. The third kappa shape index (κ3) is 6.45. The monoisotopic (exact) mass is 277 g/mol. The van der Waals surface area contributed by atoms with Crippen molar-refractivity contribution in [2.24, 2.45) is 21.9 Å². The standard InChI is InChI=1S/C16H27N3O/c1-15(2,3)11-16(4,5)20-13-8-6-12(7-9-13)10-19-14(17)18/h6-9H,10-11H2,1-5H3,(H4,17,18,19). The van der Waals surface area contributed by atoms with E-state index in [0.29, 0.717) is 6.54 Å². The fourth-order valence-corrected chi connectivity index (χ4v) is 2.48. The number of hydrogen-bond acceptors (Lipinski definition) is 2. The van der Waals surface area contributed by atoms with Gasteiger partial charge in [0.1, 0.15) is 11.4 Å². The molecule has 4 heteroatoms. The van der Waals surface area contributed by atoms with Crippen molar-refractivity contribution in [2.75, 3.05) is 0 Å². The molecule has 0 aliphatic carbocycles. The van der Waals surface area contributed by atoms with Gasteiger partial charge in [-0.1, -0.05) is 32.9 Å². The summed E-state index contributed by atoms with van der Waals surface area (Å²) in [7, 11) is 0. The van der Waals surface area contributed by atoms with E-state index in [1.54, 1.807) is 0 Å². The molecule has 4 nitrogen and oxygen atoms in total. The molecular weight excluding hydrogens is 250 g/mol. The zero-order chi connectivity index (χ0) is 15.4. The lowest BCUT2D eigenvalue weighted by Crippen LogP contribution is -2.33. The van der Waals surface area contributed by atoms with Gasteiger partial charge in [-0.2, -0.15) is 0 Å². The molecule has 0 aliphatic heterocycles. The van der Waals surface area contributed by atoms with Crippen LogP contribution in [-0.4, -0.2) is 11.6 Å². The second-order valence-corrected chi connectivity index (χ2v) is 6.98. The van der Waals surface area contributed by atoms with Gasteiger partial charge in [0.2, 0.25) is 0 Å². The molecule has 1 rings (SSSR count). The molecule has 0 aliphatic rings.